The van der Waals surface area contributed by atoms with Crippen LogP contribution >= 0.6 is 0 Å². The lowest BCUT2D eigenvalue weighted by molar-refractivity contribution is 0.140. The normalized spacial score (nSPS) is 23.8. The van der Waals surface area contributed by atoms with Crippen LogP contribution in [0.5, 0.6) is 0 Å². The van der Waals surface area contributed by atoms with Crippen LogP contribution in [-0.4, -0.2) is 49.9 Å². The predicted molar refractivity (Wildman–Crippen MR) is 79.1 cm³/mol. The number of carbonyl (C=O) groups excluding carboxylic acids is 1. The minimum absolute atomic E-state index is 0.177. The molecule has 0 aromatic heterocycles. The summed E-state index contributed by atoms with van der Waals surface area (Å²) in [5.41, 5.74) is 1.36. The number of hydrogen-bond donors (Lipinski definition) is 1. The maximum atomic E-state index is 12.2. The SMILES string of the molecule is CCOC(=O)N(c1ccccc1C)C1CS(=O)(=O)CC1O. The lowest BCUT2D eigenvalue weighted by atomic mass is 10.1. The second kappa shape index (κ2) is 6.03. The number of aliphatic hydroxyl groups is 1. The molecule has 21 heavy (non-hydrogen) atoms. The molecule has 1 aliphatic heterocycles. The Labute approximate surface area is 124 Å². The van der Waals surface area contributed by atoms with Crippen molar-refractivity contribution >= 4 is 21.6 Å². The molecule has 0 saturated carbocycles. The molecule has 0 aliphatic carbocycles. The zero-order chi connectivity index (χ0) is 15.6. The van der Waals surface area contributed by atoms with E-state index in [1.807, 2.05) is 19.1 Å². The Hall–Kier alpha value is -1.60. The number of anilines is 1. The van der Waals surface area contributed by atoms with Crippen molar-refractivity contribution in [1.29, 1.82) is 0 Å². The zero-order valence-electron chi connectivity index (χ0n) is 12.0. The second-order valence-electron chi connectivity index (χ2n) is 5.07. The van der Waals surface area contributed by atoms with Crippen LogP contribution in [0.3, 0.4) is 0 Å². The van der Waals surface area contributed by atoms with Crippen LogP contribution in [0.4, 0.5) is 10.5 Å². The average Bonchev–Trinajstić information content (AvgIpc) is 2.66. The largest absolute Gasteiger partial charge is 0.449 e. The predicted octanol–water partition coefficient (Wildman–Crippen LogP) is 1.12. The monoisotopic (exact) mass is 313 g/mol. The van der Waals surface area contributed by atoms with Crippen LogP contribution in [0, 0.1) is 6.92 Å². The van der Waals surface area contributed by atoms with E-state index in [4.69, 9.17) is 4.74 Å². The Morgan fingerprint density at radius 2 is 2.05 bits per heavy atom. The van der Waals surface area contributed by atoms with Gasteiger partial charge in [0.05, 0.1) is 35.9 Å². The van der Waals surface area contributed by atoms with Gasteiger partial charge in [0.2, 0.25) is 0 Å². The van der Waals surface area contributed by atoms with Crippen LogP contribution < -0.4 is 4.90 Å². The van der Waals surface area contributed by atoms with Crippen molar-refractivity contribution in [2.24, 2.45) is 0 Å². The fraction of sp³-hybridized carbons (Fsp3) is 0.500. The lowest BCUT2D eigenvalue weighted by Crippen LogP contribution is -2.47. The number of aryl methyl sites for hydroxylation is 1. The molecule has 1 amide bonds. The van der Waals surface area contributed by atoms with Crippen LogP contribution in [0.2, 0.25) is 0 Å². The summed E-state index contributed by atoms with van der Waals surface area (Å²) in [5, 5.41) is 10.0. The zero-order valence-corrected chi connectivity index (χ0v) is 12.8. The van der Waals surface area contributed by atoms with Crippen molar-refractivity contribution in [3.63, 3.8) is 0 Å². The molecule has 2 unspecified atom stereocenters. The van der Waals surface area contributed by atoms with Crippen LogP contribution in [0.25, 0.3) is 0 Å². The maximum absolute atomic E-state index is 12.2. The fourth-order valence-electron chi connectivity index (χ4n) is 2.50. The van der Waals surface area contributed by atoms with Crippen molar-refractivity contribution in [3.8, 4) is 0 Å². The van der Waals surface area contributed by atoms with E-state index in [2.05, 4.69) is 0 Å². The van der Waals surface area contributed by atoms with Gasteiger partial charge in [0.25, 0.3) is 0 Å². The van der Waals surface area contributed by atoms with Crippen molar-refractivity contribution in [1.82, 2.24) is 0 Å². The van der Waals surface area contributed by atoms with Crippen LogP contribution in [0.15, 0.2) is 24.3 Å². The number of para-hydroxylation sites is 1. The fourth-order valence-corrected chi connectivity index (χ4v) is 4.27. The number of ether oxygens (including phenoxy) is 1. The average molecular weight is 313 g/mol. The molecule has 2 rings (SSSR count). The highest BCUT2D eigenvalue weighted by molar-refractivity contribution is 7.91. The van der Waals surface area contributed by atoms with Gasteiger partial charge in [-0.3, -0.25) is 4.90 Å². The van der Waals surface area contributed by atoms with Gasteiger partial charge in [-0.25, -0.2) is 13.2 Å². The quantitative estimate of drug-likeness (QED) is 0.904. The number of benzene rings is 1. The van der Waals surface area contributed by atoms with Crippen molar-refractivity contribution in [2.45, 2.75) is 26.0 Å². The van der Waals surface area contributed by atoms with Gasteiger partial charge in [-0.05, 0) is 25.5 Å². The van der Waals surface area contributed by atoms with Gasteiger partial charge < -0.3 is 9.84 Å². The summed E-state index contributed by atoms with van der Waals surface area (Å²) in [6, 6.07) is 6.28. The Bertz CT molecular complexity index is 628. The van der Waals surface area contributed by atoms with E-state index < -0.39 is 28.1 Å². The van der Waals surface area contributed by atoms with Gasteiger partial charge in [0.1, 0.15) is 0 Å². The molecule has 6 nitrogen and oxygen atoms in total. The first-order valence-corrected chi connectivity index (χ1v) is 8.58. The summed E-state index contributed by atoms with van der Waals surface area (Å²) >= 11 is 0. The van der Waals surface area contributed by atoms with Crippen molar-refractivity contribution in [3.05, 3.63) is 29.8 Å². The molecule has 0 spiro atoms. The van der Waals surface area contributed by atoms with Crippen molar-refractivity contribution in [2.75, 3.05) is 23.0 Å². The molecule has 1 fully saturated rings. The van der Waals surface area contributed by atoms with E-state index in [0.29, 0.717) is 5.69 Å². The maximum Gasteiger partial charge on any atom is 0.414 e. The van der Waals surface area contributed by atoms with Gasteiger partial charge in [0.15, 0.2) is 9.84 Å². The van der Waals surface area contributed by atoms with E-state index in [0.717, 1.165) is 5.56 Å². The topological polar surface area (TPSA) is 83.9 Å². The summed E-state index contributed by atoms with van der Waals surface area (Å²) in [6.45, 7) is 3.67. The number of rotatable bonds is 3. The molecule has 116 valence electrons. The minimum Gasteiger partial charge on any atom is -0.449 e. The standard InChI is InChI=1S/C14H19NO5S/c1-3-20-14(17)15(11-7-5-4-6-10(11)2)12-8-21(18,19)9-13(12)16/h4-7,12-13,16H,3,8-9H2,1-2H3. The van der Waals surface area contributed by atoms with Gasteiger partial charge in [0, 0.05) is 0 Å². The molecule has 2 atom stereocenters. The molecule has 1 aromatic rings. The van der Waals surface area contributed by atoms with E-state index in [9.17, 15) is 18.3 Å². The Kier molecular flexibility index (Phi) is 4.53. The summed E-state index contributed by atoms with van der Waals surface area (Å²) in [4.78, 5) is 13.5. The molecular formula is C14H19NO5S. The highest BCUT2D eigenvalue weighted by Crippen LogP contribution is 2.28. The number of amides is 1. The van der Waals surface area contributed by atoms with Gasteiger partial charge in [-0.15, -0.1) is 0 Å². The molecule has 1 heterocycles. The Morgan fingerprint density at radius 3 is 2.57 bits per heavy atom. The molecule has 1 aromatic carbocycles. The number of carbonyl (C=O) groups is 1. The first-order chi connectivity index (χ1) is 9.85. The van der Waals surface area contributed by atoms with E-state index in [1.54, 1.807) is 19.1 Å². The number of nitrogens with zero attached hydrogens (tertiary/aromatic N) is 1. The van der Waals surface area contributed by atoms with Gasteiger partial charge >= 0.3 is 6.09 Å². The van der Waals surface area contributed by atoms with Gasteiger partial charge in [-0.1, -0.05) is 18.2 Å². The lowest BCUT2D eigenvalue weighted by Gasteiger charge is -2.30. The van der Waals surface area contributed by atoms with Crippen molar-refractivity contribution < 1.29 is 23.1 Å². The Morgan fingerprint density at radius 1 is 1.38 bits per heavy atom. The third-order valence-electron chi connectivity index (χ3n) is 3.46. The summed E-state index contributed by atoms with van der Waals surface area (Å²) in [7, 11) is -3.36. The van der Waals surface area contributed by atoms with E-state index in [-0.39, 0.29) is 18.1 Å². The third kappa shape index (κ3) is 3.36. The van der Waals surface area contributed by atoms with E-state index >= 15 is 0 Å². The second-order valence-corrected chi connectivity index (χ2v) is 7.22. The number of aliphatic hydroxyl groups excluding tert-OH is 1. The molecule has 0 radical (unpaired) electrons. The highest BCUT2D eigenvalue weighted by atomic mass is 32.2. The van der Waals surface area contributed by atoms with E-state index in [1.165, 1.54) is 4.90 Å². The third-order valence-corrected chi connectivity index (χ3v) is 5.16. The number of sulfone groups is 1. The first kappa shape index (κ1) is 15.8. The van der Waals surface area contributed by atoms with Gasteiger partial charge in [-0.2, -0.15) is 0 Å². The molecule has 7 heteroatoms. The first-order valence-electron chi connectivity index (χ1n) is 6.76. The smallest absolute Gasteiger partial charge is 0.414 e. The van der Waals surface area contributed by atoms with Crippen LogP contribution in [0.1, 0.15) is 12.5 Å². The van der Waals surface area contributed by atoms with Crippen LogP contribution in [-0.2, 0) is 14.6 Å². The summed E-state index contributed by atoms with van der Waals surface area (Å²) < 4.78 is 28.5. The summed E-state index contributed by atoms with van der Waals surface area (Å²) in [5.74, 6) is -0.596. The molecule has 1 saturated heterocycles. The number of hydrogen-bond acceptors (Lipinski definition) is 5. The molecule has 1 N–H and O–H groups in total. The highest BCUT2D eigenvalue weighted by Gasteiger charge is 2.43. The molecular weight excluding hydrogens is 294 g/mol. The molecule has 1 aliphatic rings. The minimum atomic E-state index is -3.36. The Balaban J connectivity index is 2.43. The molecule has 0 bridgehead atoms. The summed E-state index contributed by atoms with van der Waals surface area (Å²) in [6.07, 6.45) is -1.76.